The van der Waals surface area contributed by atoms with Crippen LogP contribution in [0.5, 0.6) is 0 Å². The van der Waals surface area contributed by atoms with Crippen molar-refractivity contribution in [3.05, 3.63) is 35.9 Å². The van der Waals surface area contributed by atoms with Crippen molar-refractivity contribution in [2.75, 3.05) is 19.6 Å². The summed E-state index contributed by atoms with van der Waals surface area (Å²) in [6.45, 7) is 3.15. The van der Waals surface area contributed by atoms with Crippen LogP contribution in [0.25, 0.3) is 0 Å². The zero-order chi connectivity index (χ0) is 14.5. The topological polar surface area (TPSA) is 32.3 Å². The van der Waals surface area contributed by atoms with E-state index in [0.29, 0.717) is 12.0 Å². The molecule has 1 N–H and O–H groups in total. The highest BCUT2D eigenvalue weighted by atomic mass is 16.1. The molecule has 2 fully saturated rings. The first-order valence-corrected chi connectivity index (χ1v) is 8.38. The number of rotatable bonds is 6. The fraction of sp³-hybridized carbons (Fsp3) is 0.611. The van der Waals surface area contributed by atoms with Crippen molar-refractivity contribution < 1.29 is 4.79 Å². The van der Waals surface area contributed by atoms with E-state index in [9.17, 15) is 4.79 Å². The monoisotopic (exact) mass is 286 g/mol. The zero-order valence-corrected chi connectivity index (χ0v) is 12.8. The molecule has 0 aromatic heterocycles. The Hall–Kier alpha value is -1.35. The van der Waals surface area contributed by atoms with Crippen LogP contribution in [0.1, 0.15) is 37.7 Å². The zero-order valence-electron chi connectivity index (χ0n) is 12.8. The molecule has 3 nitrogen and oxygen atoms in total. The van der Waals surface area contributed by atoms with Gasteiger partial charge in [0.15, 0.2) is 0 Å². The molecular formula is C18H26N2O. The molecule has 2 aliphatic rings. The van der Waals surface area contributed by atoms with E-state index < -0.39 is 0 Å². The number of nitrogens with zero attached hydrogens (tertiary/aromatic N) is 1. The number of hydrogen-bond donors (Lipinski definition) is 1. The van der Waals surface area contributed by atoms with Gasteiger partial charge < -0.3 is 5.32 Å². The molecule has 1 saturated carbocycles. The lowest BCUT2D eigenvalue weighted by atomic mass is 9.85. The van der Waals surface area contributed by atoms with Crippen molar-refractivity contribution in [2.45, 2.75) is 44.6 Å². The van der Waals surface area contributed by atoms with Gasteiger partial charge in [0.1, 0.15) is 0 Å². The number of benzene rings is 1. The van der Waals surface area contributed by atoms with Crippen LogP contribution in [0.15, 0.2) is 30.3 Å². The summed E-state index contributed by atoms with van der Waals surface area (Å²) in [6.07, 6.45) is 7.00. The average molecular weight is 286 g/mol. The summed E-state index contributed by atoms with van der Waals surface area (Å²) in [5.74, 6) is 0.569. The van der Waals surface area contributed by atoms with Crippen LogP contribution in [-0.4, -0.2) is 36.5 Å². The summed E-state index contributed by atoms with van der Waals surface area (Å²) < 4.78 is 0. The molecule has 1 saturated heterocycles. The smallest absolute Gasteiger partial charge is 0.223 e. The fourth-order valence-corrected chi connectivity index (χ4v) is 3.36. The molecule has 1 amide bonds. The Bertz CT molecular complexity index is 450. The predicted octanol–water partition coefficient (Wildman–Crippen LogP) is 2.61. The minimum absolute atomic E-state index is 0.276. The van der Waals surface area contributed by atoms with Gasteiger partial charge in [-0.25, -0.2) is 0 Å². The third kappa shape index (κ3) is 3.85. The number of amides is 1. The molecule has 21 heavy (non-hydrogen) atoms. The van der Waals surface area contributed by atoms with Gasteiger partial charge in [0.25, 0.3) is 0 Å². The first kappa shape index (κ1) is 14.6. The van der Waals surface area contributed by atoms with Crippen molar-refractivity contribution in [3.63, 3.8) is 0 Å². The number of hydrogen-bond acceptors (Lipinski definition) is 2. The van der Waals surface area contributed by atoms with Crippen molar-refractivity contribution in [3.8, 4) is 0 Å². The Kier molecular flexibility index (Phi) is 4.91. The average Bonchev–Trinajstić information content (AvgIpc) is 2.96. The third-order valence-corrected chi connectivity index (χ3v) is 4.96. The predicted molar refractivity (Wildman–Crippen MR) is 85.1 cm³/mol. The van der Waals surface area contributed by atoms with Crippen LogP contribution in [0.4, 0.5) is 0 Å². The Morgan fingerprint density at radius 3 is 2.48 bits per heavy atom. The second-order valence-electron chi connectivity index (χ2n) is 6.46. The summed E-state index contributed by atoms with van der Waals surface area (Å²) in [6, 6.07) is 11.1. The van der Waals surface area contributed by atoms with E-state index in [1.165, 1.54) is 37.9 Å². The van der Waals surface area contributed by atoms with Crippen molar-refractivity contribution in [2.24, 2.45) is 5.92 Å². The highest BCUT2D eigenvalue weighted by Gasteiger charge is 2.27. The van der Waals surface area contributed by atoms with Crippen LogP contribution < -0.4 is 5.32 Å². The van der Waals surface area contributed by atoms with Gasteiger partial charge in [-0.3, -0.25) is 9.69 Å². The summed E-state index contributed by atoms with van der Waals surface area (Å²) in [5.41, 5.74) is 1.37. The van der Waals surface area contributed by atoms with Crippen LogP contribution in [-0.2, 0) is 11.2 Å². The molecule has 1 atom stereocenters. The van der Waals surface area contributed by atoms with E-state index in [2.05, 4.69) is 40.5 Å². The molecule has 1 heterocycles. The first-order valence-electron chi connectivity index (χ1n) is 8.38. The summed E-state index contributed by atoms with van der Waals surface area (Å²) in [7, 11) is 0. The van der Waals surface area contributed by atoms with Crippen LogP contribution in [0, 0.1) is 5.92 Å². The van der Waals surface area contributed by atoms with E-state index in [1.54, 1.807) is 0 Å². The standard InChI is InChI=1S/C18H26N2O/c21-18(16-9-6-10-16)19-14-17(20-11-4-5-12-20)13-15-7-2-1-3-8-15/h1-3,7-8,16-17H,4-6,9-14H2,(H,19,21). The Labute approximate surface area is 127 Å². The van der Waals surface area contributed by atoms with Crippen LogP contribution in [0.3, 0.4) is 0 Å². The number of carbonyl (C=O) groups excluding carboxylic acids is 1. The Balaban J connectivity index is 1.57. The molecule has 3 rings (SSSR count). The van der Waals surface area contributed by atoms with Gasteiger partial charge in [-0.1, -0.05) is 36.8 Å². The molecule has 1 unspecified atom stereocenters. The summed E-state index contributed by atoms with van der Waals surface area (Å²) in [5, 5.41) is 3.20. The molecule has 1 aromatic carbocycles. The number of carbonyl (C=O) groups is 1. The number of likely N-dealkylation sites (tertiary alicyclic amines) is 1. The van der Waals surface area contributed by atoms with Crippen LogP contribution in [0.2, 0.25) is 0 Å². The van der Waals surface area contributed by atoms with E-state index in [0.717, 1.165) is 25.8 Å². The molecule has 1 aromatic rings. The molecule has 0 bridgehead atoms. The second kappa shape index (κ2) is 7.08. The maximum atomic E-state index is 12.1. The van der Waals surface area contributed by atoms with E-state index in [1.807, 2.05) is 0 Å². The quantitative estimate of drug-likeness (QED) is 0.872. The van der Waals surface area contributed by atoms with E-state index in [4.69, 9.17) is 0 Å². The molecule has 0 radical (unpaired) electrons. The van der Waals surface area contributed by atoms with Crippen molar-refractivity contribution in [1.82, 2.24) is 10.2 Å². The SMILES string of the molecule is O=C(NCC(Cc1ccccc1)N1CCCC1)C1CCC1. The number of nitrogens with one attached hydrogen (secondary N) is 1. The van der Waals surface area contributed by atoms with Gasteiger partial charge in [0.05, 0.1) is 0 Å². The minimum Gasteiger partial charge on any atom is -0.354 e. The fourth-order valence-electron chi connectivity index (χ4n) is 3.36. The molecule has 1 aliphatic heterocycles. The maximum Gasteiger partial charge on any atom is 0.223 e. The maximum absolute atomic E-state index is 12.1. The highest BCUT2D eigenvalue weighted by molar-refractivity contribution is 5.79. The third-order valence-electron chi connectivity index (χ3n) is 4.96. The van der Waals surface area contributed by atoms with Gasteiger partial charge in [0.2, 0.25) is 5.91 Å². The largest absolute Gasteiger partial charge is 0.354 e. The molecule has 3 heteroatoms. The molecule has 1 aliphatic carbocycles. The Morgan fingerprint density at radius 1 is 1.14 bits per heavy atom. The van der Waals surface area contributed by atoms with Crippen molar-refractivity contribution >= 4 is 5.91 Å². The van der Waals surface area contributed by atoms with Gasteiger partial charge >= 0.3 is 0 Å². The lowest BCUT2D eigenvalue weighted by Crippen LogP contribution is -2.46. The minimum atomic E-state index is 0.276. The second-order valence-corrected chi connectivity index (χ2v) is 6.46. The Morgan fingerprint density at radius 2 is 1.86 bits per heavy atom. The van der Waals surface area contributed by atoms with Gasteiger partial charge in [-0.05, 0) is 50.8 Å². The highest BCUT2D eigenvalue weighted by Crippen LogP contribution is 2.26. The van der Waals surface area contributed by atoms with E-state index in [-0.39, 0.29) is 5.91 Å². The normalized spacial score (nSPS) is 21.0. The molecular weight excluding hydrogens is 260 g/mol. The van der Waals surface area contributed by atoms with Gasteiger partial charge in [-0.15, -0.1) is 0 Å². The molecule has 0 spiro atoms. The van der Waals surface area contributed by atoms with E-state index >= 15 is 0 Å². The van der Waals surface area contributed by atoms with Crippen molar-refractivity contribution in [1.29, 1.82) is 0 Å². The van der Waals surface area contributed by atoms with Crippen LogP contribution >= 0.6 is 0 Å². The first-order chi connectivity index (χ1) is 10.3. The lowest BCUT2D eigenvalue weighted by Gasteiger charge is -2.30. The molecule has 114 valence electrons. The lowest BCUT2D eigenvalue weighted by molar-refractivity contribution is -0.127. The van der Waals surface area contributed by atoms with Gasteiger partial charge in [-0.2, -0.15) is 0 Å². The van der Waals surface area contributed by atoms with Gasteiger partial charge in [0, 0.05) is 18.5 Å². The summed E-state index contributed by atoms with van der Waals surface area (Å²) in [4.78, 5) is 14.6. The summed E-state index contributed by atoms with van der Waals surface area (Å²) >= 11 is 0.